The first-order valence-electron chi connectivity index (χ1n) is 19.2. The first-order chi connectivity index (χ1) is 26.0. The van der Waals surface area contributed by atoms with Crippen LogP contribution in [-0.4, -0.2) is 22.7 Å². The van der Waals surface area contributed by atoms with Gasteiger partial charge in [-0.2, -0.15) is 0 Å². The van der Waals surface area contributed by atoms with Crippen LogP contribution in [0.25, 0.3) is 18.2 Å². The summed E-state index contributed by atoms with van der Waals surface area (Å²) < 4.78 is 16.2. The summed E-state index contributed by atoms with van der Waals surface area (Å²) in [5, 5.41) is 4.60. The molecule has 6 aromatic carbocycles. The van der Waals surface area contributed by atoms with E-state index in [0.29, 0.717) is 0 Å². The van der Waals surface area contributed by atoms with Crippen molar-refractivity contribution in [3.05, 3.63) is 198 Å². The smallest absolute Gasteiger partial charge is 0.262 e. The van der Waals surface area contributed by atoms with Crippen molar-refractivity contribution in [3.8, 4) is 0 Å². The highest BCUT2D eigenvalue weighted by atomic mass is 28.4. The molecular formula is C50H52O2Si2. The molecule has 54 heavy (non-hydrogen) atoms. The molecule has 1 aliphatic carbocycles. The van der Waals surface area contributed by atoms with Gasteiger partial charge in [0.2, 0.25) is 0 Å². The molecular weight excluding hydrogens is 689 g/mol. The Morgan fingerprint density at radius 3 is 1.28 bits per heavy atom. The van der Waals surface area contributed by atoms with Crippen LogP contribution in [0.15, 0.2) is 176 Å². The van der Waals surface area contributed by atoms with Gasteiger partial charge >= 0.3 is 0 Å². The quantitative estimate of drug-likeness (QED) is 0.103. The van der Waals surface area contributed by atoms with Gasteiger partial charge in [-0.1, -0.05) is 236 Å². The normalized spacial score (nSPS) is 16.3. The SMILES string of the molecule is CC(C)(C)[Si](O[C@@H]1c2cccc(/C=C/c3ccccc3)c2C=C[C@H]1O[Si](c1ccccc1)(c1ccccc1)C(C)(C)C)(c1ccccc1)c1ccccc1. The van der Waals surface area contributed by atoms with Gasteiger partial charge in [0.25, 0.3) is 16.6 Å². The van der Waals surface area contributed by atoms with Gasteiger partial charge in [0, 0.05) is 0 Å². The Morgan fingerprint density at radius 1 is 0.444 bits per heavy atom. The Morgan fingerprint density at radius 2 is 0.852 bits per heavy atom. The van der Waals surface area contributed by atoms with Crippen LogP contribution in [0.3, 0.4) is 0 Å². The summed E-state index contributed by atoms with van der Waals surface area (Å²) in [5.74, 6) is 0. The van der Waals surface area contributed by atoms with Gasteiger partial charge in [0.15, 0.2) is 0 Å². The molecule has 0 bridgehead atoms. The second-order valence-electron chi connectivity index (χ2n) is 16.4. The van der Waals surface area contributed by atoms with E-state index in [2.05, 4.69) is 236 Å². The van der Waals surface area contributed by atoms with E-state index in [9.17, 15) is 0 Å². The molecule has 0 aliphatic heterocycles. The predicted molar refractivity (Wildman–Crippen MR) is 235 cm³/mol. The minimum atomic E-state index is -3.03. The molecule has 0 heterocycles. The van der Waals surface area contributed by atoms with Crippen molar-refractivity contribution in [3.63, 3.8) is 0 Å². The molecule has 0 N–H and O–H groups in total. The Hall–Kier alpha value is -4.85. The lowest BCUT2D eigenvalue weighted by molar-refractivity contribution is 0.0675. The van der Waals surface area contributed by atoms with Crippen LogP contribution in [0.5, 0.6) is 0 Å². The van der Waals surface area contributed by atoms with Crippen molar-refractivity contribution in [1.29, 1.82) is 0 Å². The zero-order valence-corrected chi connectivity index (χ0v) is 34.4. The fourth-order valence-electron chi connectivity index (χ4n) is 8.42. The molecule has 0 unspecified atom stereocenters. The summed E-state index contributed by atoms with van der Waals surface area (Å²) in [4.78, 5) is 0. The highest BCUT2D eigenvalue weighted by molar-refractivity contribution is 7.00. The third-order valence-corrected chi connectivity index (χ3v) is 21.0. The van der Waals surface area contributed by atoms with Gasteiger partial charge in [-0.25, -0.2) is 0 Å². The zero-order valence-electron chi connectivity index (χ0n) is 32.4. The van der Waals surface area contributed by atoms with Crippen LogP contribution in [0.1, 0.15) is 69.9 Å². The molecule has 0 saturated heterocycles. The summed E-state index contributed by atoms with van der Waals surface area (Å²) >= 11 is 0. The Bertz CT molecular complexity index is 2110. The lowest BCUT2D eigenvalue weighted by Crippen LogP contribution is -2.69. The van der Waals surface area contributed by atoms with Gasteiger partial charge in [-0.15, -0.1) is 0 Å². The van der Waals surface area contributed by atoms with Crippen molar-refractivity contribution in [2.75, 3.05) is 0 Å². The van der Waals surface area contributed by atoms with Gasteiger partial charge in [0.1, 0.15) is 6.10 Å². The summed E-state index contributed by atoms with van der Waals surface area (Å²) in [5.41, 5.74) is 4.66. The van der Waals surface area contributed by atoms with E-state index in [1.165, 1.54) is 31.9 Å². The molecule has 2 atom stereocenters. The average molecular weight is 741 g/mol. The first-order valence-corrected chi connectivity index (χ1v) is 23.0. The molecule has 1 aliphatic rings. The van der Waals surface area contributed by atoms with Gasteiger partial charge in [0.05, 0.1) is 6.10 Å². The van der Waals surface area contributed by atoms with Crippen molar-refractivity contribution >= 4 is 55.6 Å². The van der Waals surface area contributed by atoms with E-state index < -0.39 is 16.6 Å². The molecule has 0 amide bonds. The second kappa shape index (κ2) is 15.5. The second-order valence-corrected chi connectivity index (χ2v) is 24.9. The average Bonchev–Trinajstić information content (AvgIpc) is 3.19. The van der Waals surface area contributed by atoms with Crippen molar-refractivity contribution < 1.29 is 8.85 Å². The molecule has 0 radical (unpaired) electrons. The Balaban J connectivity index is 1.47. The monoisotopic (exact) mass is 740 g/mol. The van der Waals surface area contributed by atoms with Gasteiger partial charge < -0.3 is 8.85 Å². The predicted octanol–water partition coefficient (Wildman–Crippen LogP) is 10.4. The highest BCUT2D eigenvalue weighted by Gasteiger charge is 2.56. The van der Waals surface area contributed by atoms with Crippen molar-refractivity contribution in [1.82, 2.24) is 0 Å². The van der Waals surface area contributed by atoms with E-state index >= 15 is 0 Å². The number of hydrogen-bond donors (Lipinski definition) is 0. The van der Waals surface area contributed by atoms with Crippen LogP contribution in [0.4, 0.5) is 0 Å². The summed E-state index contributed by atoms with van der Waals surface area (Å²) in [6.07, 6.45) is 8.27. The summed E-state index contributed by atoms with van der Waals surface area (Å²) in [6.45, 7) is 14.1. The number of rotatable bonds is 10. The van der Waals surface area contributed by atoms with Crippen LogP contribution in [0.2, 0.25) is 10.1 Å². The Kier molecular flexibility index (Phi) is 10.7. The van der Waals surface area contributed by atoms with E-state index in [4.69, 9.17) is 8.85 Å². The largest absolute Gasteiger partial charge is 0.398 e. The number of hydrogen-bond acceptors (Lipinski definition) is 2. The van der Waals surface area contributed by atoms with Crippen LogP contribution in [0, 0.1) is 0 Å². The number of benzene rings is 6. The van der Waals surface area contributed by atoms with E-state index in [1.807, 2.05) is 0 Å². The van der Waals surface area contributed by atoms with Crippen LogP contribution >= 0.6 is 0 Å². The van der Waals surface area contributed by atoms with E-state index in [-0.39, 0.29) is 22.3 Å². The topological polar surface area (TPSA) is 18.5 Å². The van der Waals surface area contributed by atoms with Crippen LogP contribution < -0.4 is 20.7 Å². The summed E-state index contributed by atoms with van der Waals surface area (Å²) in [6, 6.07) is 61.1. The van der Waals surface area contributed by atoms with Crippen LogP contribution in [-0.2, 0) is 8.85 Å². The minimum Gasteiger partial charge on any atom is -0.398 e. The third kappa shape index (κ3) is 7.07. The number of fused-ring (bicyclic) bond motifs is 1. The van der Waals surface area contributed by atoms with Crippen molar-refractivity contribution in [2.45, 2.75) is 63.8 Å². The maximum atomic E-state index is 8.16. The maximum Gasteiger partial charge on any atom is 0.262 e. The lowest BCUT2D eigenvalue weighted by Gasteiger charge is -2.50. The van der Waals surface area contributed by atoms with Gasteiger partial charge in [-0.3, -0.25) is 0 Å². The maximum absolute atomic E-state index is 8.16. The lowest BCUT2D eigenvalue weighted by atomic mass is 9.89. The molecule has 0 fully saturated rings. The zero-order chi connectivity index (χ0) is 37.8. The molecule has 4 heteroatoms. The van der Waals surface area contributed by atoms with Crippen molar-refractivity contribution in [2.24, 2.45) is 0 Å². The fourth-order valence-corrected chi connectivity index (χ4v) is 17.7. The molecule has 0 aromatic heterocycles. The standard InChI is InChI=1S/C50H52O2Si2/c1-49(2,3)53(41-26-14-8-15-27-41,42-28-16-9-17-29-42)51-47-38-37-45-40(36-35-39-23-12-7-13-24-39)25-22-34-46(45)48(47)52-54(50(4,5)6,43-30-18-10-19-31-43)44-32-20-11-21-33-44/h7-38,47-48H,1-6H3/b36-35+/t47-,48-/m1/s1. The molecule has 2 nitrogen and oxygen atoms in total. The first kappa shape index (κ1) is 37.5. The third-order valence-electron chi connectivity index (χ3n) is 10.9. The van der Waals surface area contributed by atoms with E-state index in [1.54, 1.807) is 0 Å². The minimum absolute atomic E-state index is 0.202. The molecule has 272 valence electrons. The molecule has 6 aromatic rings. The highest BCUT2D eigenvalue weighted by Crippen LogP contribution is 2.46. The molecule has 0 saturated carbocycles. The fraction of sp³-hybridized carbons (Fsp3) is 0.200. The Labute approximate surface area is 325 Å². The summed E-state index contributed by atoms with van der Waals surface area (Å²) in [7, 11) is -6.01. The molecule has 7 rings (SSSR count). The van der Waals surface area contributed by atoms with Gasteiger partial charge in [-0.05, 0) is 53.1 Å². The molecule has 0 spiro atoms. The van der Waals surface area contributed by atoms with E-state index in [0.717, 1.165) is 11.1 Å².